The maximum atomic E-state index is 12.5. The number of carbonyl (C=O) groups is 1. The highest BCUT2D eigenvalue weighted by Gasteiger charge is 2.31. The van der Waals surface area contributed by atoms with Crippen LogP contribution < -0.4 is 10.5 Å². The molecule has 0 radical (unpaired) electrons. The molecule has 5 nitrogen and oxygen atoms in total. The largest absolute Gasteiger partial charge is 0.416 e. The van der Waals surface area contributed by atoms with Crippen LogP contribution in [0.25, 0.3) is 0 Å². The molecule has 0 heterocycles. The molecule has 0 saturated heterocycles. The van der Waals surface area contributed by atoms with Crippen molar-refractivity contribution in [1.29, 1.82) is 0 Å². The first-order chi connectivity index (χ1) is 9.13. The monoisotopic (exact) mass is 310 g/mol. The average molecular weight is 310 g/mol. The lowest BCUT2D eigenvalue weighted by atomic mass is 10.2. The number of rotatable bonds is 6. The zero-order valence-corrected chi connectivity index (χ0v) is 11.1. The molecular weight excluding hydrogens is 297 g/mol. The van der Waals surface area contributed by atoms with Gasteiger partial charge in [0.1, 0.15) is 0 Å². The fourth-order valence-electron chi connectivity index (χ4n) is 1.39. The molecule has 9 heteroatoms. The fraction of sp³-hybridized carbons (Fsp3) is 0.364. The van der Waals surface area contributed by atoms with E-state index in [2.05, 4.69) is 4.72 Å². The summed E-state index contributed by atoms with van der Waals surface area (Å²) in [4.78, 5) is 9.99. The summed E-state index contributed by atoms with van der Waals surface area (Å²) in [5.74, 6) is -0.580. The number of hydrogen-bond donors (Lipinski definition) is 2. The summed E-state index contributed by atoms with van der Waals surface area (Å²) in [6, 6.07) is 3.41. The predicted octanol–water partition coefficient (Wildman–Crippen LogP) is 1.25. The predicted molar refractivity (Wildman–Crippen MR) is 65.1 cm³/mol. The molecule has 1 aromatic rings. The molecule has 1 amide bonds. The van der Waals surface area contributed by atoms with Gasteiger partial charge in [-0.2, -0.15) is 13.2 Å². The van der Waals surface area contributed by atoms with Crippen LogP contribution in [0.3, 0.4) is 0 Å². The van der Waals surface area contributed by atoms with E-state index in [0.29, 0.717) is 6.07 Å². The summed E-state index contributed by atoms with van der Waals surface area (Å²) in [6.45, 7) is -0.0818. The summed E-state index contributed by atoms with van der Waals surface area (Å²) >= 11 is 0. The maximum absolute atomic E-state index is 12.5. The topological polar surface area (TPSA) is 89.3 Å². The second-order valence-electron chi connectivity index (χ2n) is 3.99. The van der Waals surface area contributed by atoms with E-state index >= 15 is 0 Å². The molecule has 112 valence electrons. The van der Waals surface area contributed by atoms with E-state index < -0.39 is 32.6 Å². The van der Waals surface area contributed by atoms with Crippen molar-refractivity contribution in [3.05, 3.63) is 29.8 Å². The van der Waals surface area contributed by atoms with Gasteiger partial charge in [0.25, 0.3) is 0 Å². The van der Waals surface area contributed by atoms with E-state index in [1.54, 1.807) is 0 Å². The van der Waals surface area contributed by atoms with E-state index in [1.165, 1.54) is 0 Å². The van der Waals surface area contributed by atoms with Crippen LogP contribution in [-0.4, -0.2) is 20.9 Å². The van der Waals surface area contributed by atoms with Crippen LogP contribution in [-0.2, 0) is 21.0 Å². The van der Waals surface area contributed by atoms with Gasteiger partial charge in [-0.3, -0.25) is 4.79 Å². The molecule has 0 aliphatic heterocycles. The Morgan fingerprint density at radius 1 is 1.30 bits per heavy atom. The zero-order chi connectivity index (χ0) is 15.4. The molecular formula is C11H13F3N2O3S. The Balaban J connectivity index is 2.80. The Hall–Kier alpha value is -1.61. The molecule has 0 aromatic heterocycles. The Kier molecular flexibility index (Phi) is 5.12. The summed E-state index contributed by atoms with van der Waals surface area (Å²) in [6.07, 6.45) is -4.45. The van der Waals surface area contributed by atoms with Gasteiger partial charge >= 0.3 is 6.18 Å². The number of benzene rings is 1. The molecule has 0 spiro atoms. The van der Waals surface area contributed by atoms with Gasteiger partial charge in [-0.25, -0.2) is 13.1 Å². The van der Waals surface area contributed by atoms with Crippen LogP contribution in [0.4, 0.5) is 13.2 Å². The van der Waals surface area contributed by atoms with E-state index in [0.717, 1.165) is 18.2 Å². The second kappa shape index (κ2) is 6.23. The third-order valence-corrected chi connectivity index (χ3v) is 3.82. The number of nitrogens with two attached hydrogens (primary N) is 1. The molecule has 0 aliphatic rings. The number of carbonyl (C=O) groups excluding carboxylic acids is 1. The number of halogens is 3. The maximum Gasteiger partial charge on any atom is 0.416 e. The molecule has 3 N–H and O–H groups in total. The lowest BCUT2D eigenvalue weighted by molar-refractivity contribution is -0.137. The summed E-state index contributed by atoms with van der Waals surface area (Å²) in [7, 11) is -4.04. The normalized spacial score (nSPS) is 12.3. The number of hydrogen-bond acceptors (Lipinski definition) is 3. The molecule has 1 aromatic carbocycles. The molecule has 0 atom stereocenters. The molecule has 1 rings (SSSR count). The van der Waals surface area contributed by atoms with E-state index in [9.17, 15) is 26.4 Å². The van der Waals surface area contributed by atoms with Crippen LogP contribution >= 0.6 is 0 Å². The SMILES string of the molecule is NC(=O)CCCNS(=O)(=O)c1cccc(C(F)(F)F)c1. The molecule has 0 saturated carbocycles. The van der Waals surface area contributed by atoms with E-state index in [1.807, 2.05) is 0 Å². The highest BCUT2D eigenvalue weighted by molar-refractivity contribution is 7.89. The third kappa shape index (κ3) is 4.82. The molecule has 0 bridgehead atoms. The first kappa shape index (κ1) is 16.4. The first-order valence-electron chi connectivity index (χ1n) is 5.58. The van der Waals surface area contributed by atoms with Crippen LogP contribution in [0, 0.1) is 0 Å². The number of primary amides is 1. The summed E-state index contributed by atoms with van der Waals surface area (Å²) in [5, 5.41) is 0. The lowest BCUT2D eigenvalue weighted by Crippen LogP contribution is -2.26. The van der Waals surface area contributed by atoms with Gasteiger partial charge < -0.3 is 5.73 Å². The van der Waals surface area contributed by atoms with Crippen molar-refractivity contribution in [2.45, 2.75) is 23.9 Å². The van der Waals surface area contributed by atoms with Crippen LogP contribution in [0.5, 0.6) is 0 Å². The second-order valence-corrected chi connectivity index (χ2v) is 5.76. The van der Waals surface area contributed by atoms with Gasteiger partial charge in [-0.15, -0.1) is 0 Å². The molecule has 20 heavy (non-hydrogen) atoms. The minimum absolute atomic E-state index is 0.00882. The Bertz CT molecular complexity index is 585. The number of sulfonamides is 1. The van der Waals surface area contributed by atoms with Crippen molar-refractivity contribution in [2.75, 3.05) is 6.54 Å². The quantitative estimate of drug-likeness (QED) is 0.775. The fourth-order valence-corrected chi connectivity index (χ4v) is 2.51. The van der Waals surface area contributed by atoms with Gasteiger partial charge in [-0.05, 0) is 24.6 Å². The van der Waals surface area contributed by atoms with Crippen LogP contribution in [0.1, 0.15) is 18.4 Å². The Morgan fingerprint density at radius 3 is 2.50 bits per heavy atom. The number of alkyl halides is 3. The van der Waals surface area contributed by atoms with Gasteiger partial charge in [-0.1, -0.05) is 6.07 Å². The third-order valence-electron chi connectivity index (χ3n) is 2.36. The molecule has 0 fully saturated rings. The van der Waals surface area contributed by atoms with Gasteiger partial charge in [0, 0.05) is 13.0 Å². The highest BCUT2D eigenvalue weighted by atomic mass is 32.2. The van der Waals surface area contributed by atoms with Gasteiger partial charge in [0.15, 0.2) is 0 Å². The number of amides is 1. The minimum Gasteiger partial charge on any atom is -0.370 e. The number of nitrogens with one attached hydrogen (secondary N) is 1. The van der Waals surface area contributed by atoms with Gasteiger partial charge in [0.2, 0.25) is 15.9 Å². The zero-order valence-electron chi connectivity index (χ0n) is 10.3. The summed E-state index contributed by atoms with van der Waals surface area (Å²) in [5.41, 5.74) is 3.84. The van der Waals surface area contributed by atoms with E-state index in [4.69, 9.17) is 5.73 Å². The highest BCUT2D eigenvalue weighted by Crippen LogP contribution is 2.30. The van der Waals surface area contributed by atoms with Crippen molar-refractivity contribution in [2.24, 2.45) is 5.73 Å². The molecule has 0 unspecified atom stereocenters. The average Bonchev–Trinajstić information content (AvgIpc) is 2.34. The smallest absolute Gasteiger partial charge is 0.370 e. The Morgan fingerprint density at radius 2 is 1.95 bits per heavy atom. The Labute approximate surface area is 114 Å². The lowest BCUT2D eigenvalue weighted by Gasteiger charge is -2.10. The first-order valence-corrected chi connectivity index (χ1v) is 7.06. The van der Waals surface area contributed by atoms with Crippen molar-refractivity contribution < 1.29 is 26.4 Å². The van der Waals surface area contributed by atoms with Crippen molar-refractivity contribution in [3.63, 3.8) is 0 Å². The van der Waals surface area contributed by atoms with Crippen LogP contribution in [0.2, 0.25) is 0 Å². The molecule has 0 aliphatic carbocycles. The standard InChI is InChI=1S/C11H13F3N2O3S/c12-11(13,14)8-3-1-4-9(7-8)20(18,19)16-6-2-5-10(15)17/h1,3-4,7,16H,2,5-6H2,(H2,15,17). The summed E-state index contributed by atoms with van der Waals surface area (Å²) < 4.78 is 63.1. The van der Waals surface area contributed by atoms with Crippen molar-refractivity contribution >= 4 is 15.9 Å². The van der Waals surface area contributed by atoms with Crippen molar-refractivity contribution in [3.8, 4) is 0 Å². The van der Waals surface area contributed by atoms with Crippen LogP contribution in [0.15, 0.2) is 29.2 Å². The van der Waals surface area contributed by atoms with E-state index in [-0.39, 0.29) is 19.4 Å². The van der Waals surface area contributed by atoms with Crippen molar-refractivity contribution in [1.82, 2.24) is 4.72 Å². The minimum atomic E-state index is -4.61. The van der Waals surface area contributed by atoms with Gasteiger partial charge in [0.05, 0.1) is 10.5 Å².